The van der Waals surface area contributed by atoms with Gasteiger partial charge in [-0.1, -0.05) is 0 Å². The molecule has 1 aliphatic heterocycles. The summed E-state index contributed by atoms with van der Waals surface area (Å²) >= 11 is 0. The topological polar surface area (TPSA) is 92.7 Å². The highest BCUT2D eigenvalue weighted by Crippen LogP contribution is 2.32. The first-order valence-corrected chi connectivity index (χ1v) is 8.97. The second kappa shape index (κ2) is 11.0. The number of aromatic nitrogens is 2. The van der Waals surface area contributed by atoms with Crippen LogP contribution in [0.2, 0.25) is 0 Å². The summed E-state index contributed by atoms with van der Waals surface area (Å²) in [6.07, 6.45) is -2.62. The number of hydrogen-bond acceptors (Lipinski definition) is 6. The molecule has 1 aromatic heterocycles. The lowest BCUT2D eigenvalue weighted by Gasteiger charge is -2.14. The van der Waals surface area contributed by atoms with Crippen molar-refractivity contribution in [3.63, 3.8) is 0 Å². The Labute approximate surface area is 188 Å². The van der Waals surface area contributed by atoms with E-state index in [0.717, 1.165) is 24.4 Å². The summed E-state index contributed by atoms with van der Waals surface area (Å²) in [4.78, 5) is 11.4. The predicted molar refractivity (Wildman–Crippen MR) is 118 cm³/mol. The van der Waals surface area contributed by atoms with Crippen molar-refractivity contribution in [2.75, 3.05) is 44.0 Å². The zero-order valence-corrected chi connectivity index (χ0v) is 18.5. The van der Waals surface area contributed by atoms with E-state index in [4.69, 9.17) is 9.47 Å². The number of benzene rings is 1. The lowest BCUT2D eigenvalue weighted by atomic mass is 10.3. The molecule has 3 N–H and O–H groups in total. The quantitative estimate of drug-likeness (QED) is 0.233. The number of nitrogens with one attached hydrogen (secondary N) is 3. The smallest absolute Gasteiger partial charge is 0.433 e. The molecular weight excluding hydrogens is 516 g/mol. The predicted octanol–water partition coefficient (Wildman–Crippen LogP) is 3.37. The van der Waals surface area contributed by atoms with Crippen LogP contribution in [0, 0.1) is 0 Å². The molecule has 2 aromatic rings. The molecule has 3 rings (SSSR count). The van der Waals surface area contributed by atoms with Crippen molar-refractivity contribution in [3.05, 3.63) is 36.2 Å². The fourth-order valence-electron chi connectivity index (χ4n) is 2.51. The lowest BCUT2D eigenvalue weighted by Crippen LogP contribution is -2.34. The largest absolute Gasteiger partial charge is 0.490 e. The number of aliphatic imine (C=N–C) groups is 1. The Morgan fingerprint density at radius 3 is 2.63 bits per heavy atom. The van der Waals surface area contributed by atoms with Gasteiger partial charge in [0.05, 0.1) is 13.2 Å². The molecule has 0 spiro atoms. The Balaban J connectivity index is 0.00000320. The molecule has 0 aliphatic carbocycles. The van der Waals surface area contributed by atoms with Gasteiger partial charge in [-0.2, -0.15) is 13.2 Å². The van der Waals surface area contributed by atoms with Crippen LogP contribution in [0.3, 0.4) is 0 Å². The Bertz CT molecular complexity index is 866. The van der Waals surface area contributed by atoms with Crippen molar-refractivity contribution in [1.29, 1.82) is 0 Å². The van der Waals surface area contributed by atoms with Gasteiger partial charge in [0.15, 0.2) is 17.5 Å². The van der Waals surface area contributed by atoms with Gasteiger partial charge in [-0.15, -0.1) is 24.0 Å². The normalized spacial score (nSPS) is 13.7. The van der Waals surface area contributed by atoms with Gasteiger partial charge in [-0.3, -0.25) is 4.99 Å². The van der Waals surface area contributed by atoms with Crippen molar-refractivity contribution in [1.82, 2.24) is 15.3 Å². The number of fused-ring (bicyclic) bond motifs is 1. The van der Waals surface area contributed by atoms with Crippen molar-refractivity contribution in [3.8, 4) is 11.5 Å². The molecule has 0 unspecified atom stereocenters. The number of anilines is 2. The summed E-state index contributed by atoms with van der Waals surface area (Å²) in [6, 6.07) is 6.31. The van der Waals surface area contributed by atoms with E-state index in [1.807, 2.05) is 18.2 Å². The first-order valence-electron chi connectivity index (χ1n) is 8.97. The van der Waals surface area contributed by atoms with E-state index in [1.165, 1.54) is 0 Å². The average molecular weight is 538 g/mol. The molecule has 1 aliphatic rings. The van der Waals surface area contributed by atoms with Crippen LogP contribution in [0.1, 0.15) is 12.1 Å². The molecular formula is C18H22F3IN6O2. The Kier molecular flexibility index (Phi) is 8.74. The van der Waals surface area contributed by atoms with Crippen LogP contribution in [0.4, 0.5) is 24.8 Å². The molecule has 0 fully saturated rings. The molecule has 0 saturated carbocycles. The number of guanidine groups is 1. The third-order valence-corrected chi connectivity index (χ3v) is 3.88. The first-order chi connectivity index (χ1) is 14.0. The Morgan fingerprint density at radius 1 is 1.13 bits per heavy atom. The minimum absolute atomic E-state index is 0. The molecule has 12 heteroatoms. The first kappa shape index (κ1) is 23.8. The number of rotatable bonds is 5. The van der Waals surface area contributed by atoms with Gasteiger partial charge in [-0.05, 0) is 18.2 Å². The van der Waals surface area contributed by atoms with Crippen LogP contribution in [-0.4, -0.2) is 49.3 Å². The van der Waals surface area contributed by atoms with Gasteiger partial charge in [0, 0.05) is 44.5 Å². The van der Waals surface area contributed by atoms with E-state index in [2.05, 4.69) is 30.9 Å². The zero-order valence-electron chi connectivity index (χ0n) is 16.1. The number of halogens is 4. The van der Waals surface area contributed by atoms with E-state index in [9.17, 15) is 13.2 Å². The number of hydrogen-bond donors (Lipinski definition) is 3. The number of ether oxygens (including phenoxy) is 2. The van der Waals surface area contributed by atoms with Crippen LogP contribution in [0.15, 0.2) is 35.5 Å². The van der Waals surface area contributed by atoms with E-state index in [-0.39, 0.29) is 29.9 Å². The highest BCUT2D eigenvalue weighted by Gasteiger charge is 2.32. The van der Waals surface area contributed by atoms with Gasteiger partial charge in [0.1, 0.15) is 5.69 Å². The summed E-state index contributed by atoms with van der Waals surface area (Å²) in [6.45, 7) is 1.88. The number of nitrogens with zero attached hydrogens (tertiary/aromatic N) is 3. The molecule has 0 radical (unpaired) electrons. The summed E-state index contributed by atoms with van der Waals surface area (Å²) in [5.74, 6) is 1.76. The van der Waals surface area contributed by atoms with Crippen molar-refractivity contribution < 1.29 is 22.6 Å². The summed E-state index contributed by atoms with van der Waals surface area (Å²) < 4.78 is 49.3. The number of alkyl halides is 3. The average Bonchev–Trinajstić information content (AvgIpc) is 2.95. The van der Waals surface area contributed by atoms with Crippen molar-refractivity contribution >= 4 is 41.6 Å². The maximum absolute atomic E-state index is 12.7. The lowest BCUT2D eigenvalue weighted by molar-refractivity contribution is -0.141. The standard InChI is InChI=1S/C18H21F3N6O2.HI/c1-22-16(26-12-3-4-13-14(11-12)29-10-2-9-28-13)24-7-8-25-17-23-6-5-15(27-17)18(19,20)21;/h3-6,11H,2,7-10H2,1H3,(H2,22,24,26)(H,23,25,27);1H. The molecule has 8 nitrogen and oxygen atoms in total. The van der Waals surface area contributed by atoms with Gasteiger partial charge in [0.2, 0.25) is 5.95 Å². The molecule has 0 amide bonds. The molecule has 0 atom stereocenters. The third kappa shape index (κ3) is 6.78. The summed E-state index contributed by atoms with van der Waals surface area (Å²) in [7, 11) is 1.61. The molecule has 0 saturated heterocycles. The van der Waals surface area contributed by atoms with E-state index >= 15 is 0 Å². The molecule has 1 aromatic carbocycles. The van der Waals surface area contributed by atoms with Gasteiger partial charge >= 0.3 is 6.18 Å². The van der Waals surface area contributed by atoms with Crippen molar-refractivity contribution in [2.45, 2.75) is 12.6 Å². The van der Waals surface area contributed by atoms with Crippen molar-refractivity contribution in [2.24, 2.45) is 4.99 Å². The highest BCUT2D eigenvalue weighted by atomic mass is 127. The fraction of sp³-hybridized carbons (Fsp3) is 0.389. The maximum atomic E-state index is 12.7. The van der Waals surface area contributed by atoms with E-state index < -0.39 is 11.9 Å². The second-order valence-corrected chi connectivity index (χ2v) is 6.03. The SMILES string of the molecule is CN=C(NCCNc1nccc(C(F)(F)F)n1)Nc1ccc2c(c1)OCCCO2.I. The molecule has 0 bridgehead atoms. The zero-order chi connectivity index (χ0) is 20.7. The maximum Gasteiger partial charge on any atom is 0.433 e. The van der Waals surface area contributed by atoms with Crippen LogP contribution in [-0.2, 0) is 6.18 Å². The Morgan fingerprint density at radius 2 is 1.90 bits per heavy atom. The van der Waals surface area contributed by atoms with Crippen LogP contribution < -0.4 is 25.4 Å². The van der Waals surface area contributed by atoms with E-state index in [0.29, 0.717) is 43.8 Å². The fourth-order valence-corrected chi connectivity index (χ4v) is 2.51. The van der Waals surface area contributed by atoms with Crippen LogP contribution >= 0.6 is 24.0 Å². The van der Waals surface area contributed by atoms with Crippen LogP contribution in [0.25, 0.3) is 0 Å². The minimum Gasteiger partial charge on any atom is -0.490 e. The highest BCUT2D eigenvalue weighted by molar-refractivity contribution is 14.0. The molecule has 2 heterocycles. The molecule has 164 valence electrons. The molecule has 30 heavy (non-hydrogen) atoms. The van der Waals surface area contributed by atoms with Gasteiger partial charge < -0.3 is 25.4 Å². The monoisotopic (exact) mass is 538 g/mol. The minimum atomic E-state index is -4.51. The van der Waals surface area contributed by atoms with Crippen LogP contribution in [0.5, 0.6) is 11.5 Å². The third-order valence-electron chi connectivity index (χ3n) is 3.88. The summed E-state index contributed by atoms with van der Waals surface area (Å²) in [5.41, 5.74) is -0.230. The Hall–Kier alpha value is -2.51. The second-order valence-electron chi connectivity index (χ2n) is 6.03. The summed E-state index contributed by atoms with van der Waals surface area (Å²) in [5, 5.41) is 8.92. The van der Waals surface area contributed by atoms with Gasteiger partial charge in [-0.25, -0.2) is 9.97 Å². The van der Waals surface area contributed by atoms with E-state index in [1.54, 1.807) is 7.05 Å². The van der Waals surface area contributed by atoms with Gasteiger partial charge in [0.25, 0.3) is 0 Å².